The van der Waals surface area contributed by atoms with Crippen LogP contribution in [0.2, 0.25) is 0 Å². The van der Waals surface area contributed by atoms with Crippen molar-refractivity contribution in [3.8, 4) is 23.0 Å². The number of para-hydroxylation sites is 1. The van der Waals surface area contributed by atoms with Crippen LogP contribution < -0.4 is 19.7 Å². The summed E-state index contributed by atoms with van der Waals surface area (Å²) in [6.45, 7) is 2.45. The molecule has 1 aliphatic rings. The zero-order chi connectivity index (χ0) is 21.3. The number of anilines is 2. The van der Waals surface area contributed by atoms with Crippen molar-refractivity contribution in [2.24, 2.45) is 0 Å². The second-order valence-corrected chi connectivity index (χ2v) is 6.79. The average Bonchev–Trinajstić information content (AvgIpc) is 2.76. The largest absolute Gasteiger partial charge is 0.504 e. The van der Waals surface area contributed by atoms with Gasteiger partial charge in [0.1, 0.15) is 11.9 Å². The number of aromatic hydroxyl groups is 2. The first kappa shape index (κ1) is 19.4. The second kappa shape index (κ2) is 7.87. The van der Waals surface area contributed by atoms with E-state index in [1.165, 1.54) is 13.2 Å². The molecule has 7 nitrogen and oxygen atoms in total. The fourth-order valence-electron chi connectivity index (χ4n) is 3.55. The number of phenolic OH excluding ortho intramolecular Hbond substituents is 2. The standard InChI is InChI=1S/C23H22N2O5/c1-3-30-16-10-8-15(9-11-16)25-22(14-12-19(26)21(27)20(13-14)29-2)24-18-7-5-4-6-17(18)23(25)28/h4-13,22,24,26-27H,3H2,1-2H3. The van der Waals surface area contributed by atoms with Crippen molar-refractivity contribution in [2.45, 2.75) is 13.1 Å². The third kappa shape index (κ3) is 3.34. The van der Waals surface area contributed by atoms with Crippen molar-refractivity contribution in [2.75, 3.05) is 23.9 Å². The van der Waals surface area contributed by atoms with Gasteiger partial charge in [0, 0.05) is 16.9 Å². The minimum Gasteiger partial charge on any atom is -0.504 e. The lowest BCUT2D eigenvalue weighted by Gasteiger charge is -2.38. The van der Waals surface area contributed by atoms with Crippen LogP contribution in [-0.4, -0.2) is 29.8 Å². The Morgan fingerprint density at radius 1 is 1.07 bits per heavy atom. The number of nitrogens with one attached hydrogen (secondary N) is 1. The summed E-state index contributed by atoms with van der Waals surface area (Å²) in [7, 11) is 1.40. The molecular weight excluding hydrogens is 384 g/mol. The van der Waals surface area contributed by atoms with Crippen LogP contribution in [0.1, 0.15) is 29.0 Å². The van der Waals surface area contributed by atoms with Crippen LogP contribution in [0.3, 0.4) is 0 Å². The van der Waals surface area contributed by atoms with Gasteiger partial charge < -0.3 is 25.0 Å². The number of fused-ring (bicyclic) bond motifs is 1. The number of methoxy groups -OCH3 is 1. The molecule has 0 saturated heterocycles. The summed E-state index contributed by atoms with van der Waals surface area (Å²) in [6, 6.07) is 17.5. The number of rotatable bonds is 5. The Morgan fingerprint density at radius 3 is 2.50 bits per heavy atom. The highest BCUT2D eigenvalue weighted by atomic mass is 16.5. The highest BCUT2D eigenvalue weighted by molar-refractivity contribution is 6.12. The van der Waals surface area contributed by atoms with Crippen molar-refractivity contribution in [3.05, 3.63) is 71.8 Å². The minimum absolute atomic E-state index is 0.116. The number of amides is 1. The molecule has 4 rings (SSSR count). The smallest absolute Gasteiger partial charge is 0.262 e. The summed E-state index contributed by atoms with van der Waals surface area (Å²) in [4.78, 5) is 15.0. The van der Waals surface area contributed by atoms with Crippen molar-refractivity contribution in [3.63, 3.8) is 0 Å². The highest BCUT2D eigenvalue weighted by Crippen LogP contribution is 2.42. The minimum atomic E-state index is -0.634. The van der Waals surface area contributed by atoms with Gasteiger partial charge in [-0.1, -0.05) is 12.1 Å². The Balaban J connectivity index is 1.84. The maximum Gasteiger partial charge on any atom is 0.262 e. The van der Waals surface area contributed by atoms with Gasteiger partial charge in [0.25, 0.3) is 5.91 Å². The lowest BCUT2D eigenvalue weighted by Crippen LogP contribution is -2.43. The molecule has 1 amide bonds. The van der Waals surface area contributed by atoms with Gasteiger partial charge in [-0.3, -0.25) is 9.69 Å². The van der Waals surface area contributed by atoms with E-state index in [4.69, 9.17) is 9.47 Å². The molecule has 3 aromatic carbocycles. The van der Waals surface area contributed by atoms with E-state index in [9.17, 15) is 15.0 Å². The molecule has 0 aromatic heterocycles. The number of carbonyl (C=O) groups excluding carboxylic acids is 1. The number of phenols is 2. The second-order valence-electron chi connectivity index (χ2n) is 6.79. The monoisotopic (exact) mass is 406 g/mol. The maximum atomic E-state index is 13.4. The quantitative estimate of drug-likeness (QED) is 0.548. The number of benzene rings is 3. The summed E-state index contributed by atoms with van der Waals surface area (Å²) in [5, 5.41) is 23.5. The molecule has 0 fully saturated rings. The van der Waals surface area contributed by atoms with Gasteiger partial charge in [-0.05, 0) is 55.5 Å². The first-order valence-corrected chi connectivity index (χ1v) is 9.55. The zero-order valence-electron chi connectivity index (χ0n) is 16.6. The number of ether oxygens (including phenoxy) is 2. The molecule has 7 heteroatoms. The molecular formula is C23H22N2O5. The summed E-state index contributed by atoms with van der Waals surface area (Å²) in [5.41, 5.74) is 2.43. The molecule has 3 aromatic rings. The van der Waals surface area contributed by atoms with E-state index < -0.39 is 6.17 Å². The Morgan fingerprint density at radius 2 is 1.80 bits per heavy atom. The first-order chi connectivity index (χ1) is 14.5. The van der Waals surface area contributed by atoms with Crippen LogP contribution in [0.5, 0.6) is 23.0 Å². The van der Waals surface area contributed by atoms with Crippen LogP contribution in [0.25, 0.3) is 0 Å². The van der Waals surface area contributed by atoms with Gasteiger partial charge in [-0.2, -0.15) is 0 Å². The van der Waals surface area contributed by atoms with Crippen molar-refractivity contribution in [1.29, 1.82) is 0 Å². The number of nitrogens with zero attached hydrogens (tertiary/aromatic N) is 1. The van der Waals surface area contributed by atoms with Gasteiger partial charge in [0.2, 0.25) is 5.75 Å². The van der Waals surface area contributed by atoms with Crippen molar-refractivity contribution >= 4 is 17.3 Å². The fourth-order valence-corrected chi connectivity index (χ4v) is 3.55. The van der Waals surface area contributed by atoms with E-state index in [2.05, 4.69) is 5.32 Å². The van der Waals surface area contributed by atoms with E-state index in [-0.39, 0.29) is 23.2 Å². The lowest BCUT2D eigenvalue weighted by molar-refractivity contribution is 0.0974. The topological polar surface area (TPSA) is 91.3 Å². The SMILES string of the molecule is CCOc1ccc(N2C(=O)c3ccccc3NC2c2cc(O)c(O)c(OC)c2)cc1. The molecule has 1 unspecified atom stereocenters. The van der Waals surface area contributed by atoms with Gasteiger partial charge in [0.05, 0.1) is 19.3 Å². The molecule has 154 valence electrons. The van der Waals surface area contributed by atoms with Crippen molar-refractivity contribution in [1.82, 2.24) is 0 Å². The molecule has 0 spiro atoms. The molecule has 1 atom stereocenters. The van der Waals surface area contributed by atoms with Gasteiger partial charge in [-0.25, -0.2) is 0 Å². The first-order valence-electron chi connectivity index (χ1n) is 9.55. The van der Waals surface area contributed by atoms with E-state index in [0.717, 1.165) is 0 Å². The summed E-state index contributed by atoms with van der Waals surface area (Å²) in [6.07, 6.45) is -0.634. The van der Waals surface area contributed by atoms with Crippen LogP contribution in [-0.2, 0) is 0 Å². The van der Waals surface area contributed by atoms with Crippen LogP contribution >= 0.6 is 0 Å². The third-order valence-electron chi connectivity index (χ3n) is 4.97. The Hall–Kier alpha value is -3.87. The zero-order valence-corrected chi connectivity index (χ0v) is 16.6. The fraction of sp³-hybridized carbons (Fsp3) is 0.174. The van der Waals surface area contributed by atoms with E-state index in [1.807, 2.05) is 37.3 Å². The van der Waals surface area contributed by atoms with E-state index in [0.29, 0.717) is 34.9 Å². The van der Waals surface area contributed by atoms with Gasteiger partial charge >= 0.3 is 0 Å². The molecule has 1 heterocycles. The van der Waals surface area contributed by atoms with Crippen LogP contribution in [0.4, 0.5) is 11.4 Å². The third-order valence-corrected chi connectivity index (χ3v) is 4.97. The predicted octanol–water partition coefficient (Wildman–Crippen LogP) is 4.28. The molecule has 1 aliphatic heterocycles. The van der Waals surface area contributed by atoms with Crippen molar-refractivity contribution < 1.29 is 24.5 Å². The van der Waals surface area contributed by atoms with Gasteiger partial charge in [0.15, 0.2) is 11.5 Å². The number of hydrogen-bond donors (Lipinski definition) is 3. The average molecular weight is 406 g/mol. The number of hydrogen-bond acceptors (Lipinski definition) is 6. The normalized spacial score (nSPS) is 15.3. The Labute approximate surface area is 174 Å². The molecule has 0 saturated carbocycles. The summed E-state index contributed by atoms with van der Waals surface area (Å²) < 4.78 is 10.7. The molecule has 0 aliphatic carbocycles. The summed E-state index contributed by atoms with van der Waals surface area (Å²) >= 11 is 0. The number of carbonyl (C=O) groups is 1. The lowest BCUT2D eigenvalue weighted by atomic mass is 10.0. The molecule has 30 heavy (non-hydrogen) atoms. The summed E-state index contributed by atoms with van der Waals surface area (Å²) in [5.74, 6) is -0.0464. The molecule has 0 radical (unpaired) electrons. The molecule has 3 N–H and O–H groups in total. The van der Waals surface area contributed by atoms with E-state index in [1.54, 1.807) is 29.2 Å². The maximum absolute atomic E-state index is 13.4. The predicted molar refractivity (Wildman–Crippen MR) is 114 cm³/mol. The highest BCUT2D eigenvalue weighted by Gasteiger charge is 2.35. The Kier molecular flexibility index (Phi) is 5.10. The van der Waals surface area contributed by atoms with E-state index >= 15 is 0 Å². The Bertz CT molecular complexity index is 1080. The van der Waals surface area contributed by atoms with Crippen LogP contribution in [0.15, 0.2) is 60.7 Å². The van der Waals surface area contributed by atoms with Crippen LogP contribution in [0, 0.1) is 0 Å². The molecule has 0 bridgehead atoms. The van der Waals surface area contributed by atoms with Gasteiger partial charge in [-0.15, -0.1) is 0 Å².